The summed E-state index contributed by atoms with van der Waals surface area (Å²) in [6.45, 7) is 6.80. The lowest BCUT2D eigenvalue weighted by Gasteiger charge is -2.33. The van der Waals surface area contributed by atoms with Crippen molar-refractivity contribution in [3.8, 4) is 11.1 Å². The zero-order valence-electron chi connectivity index (χ0n) is 12.0. The van der Waals surface area contributed by atoms with Gasteiger partial charge >= 0.3 is 0 Å². The average Bonchev–Trinajstić information content (AvgIpc) is 2.56. The predicted molar refractivity (Wildman–Crippen MR) is 84.7 cm³/mol. The van der Waals surface area contributed by atoms with Gasteiger partial charge in [-0.2, -0.15) is 0 Å². The normalized spacial score (nSPS) is 17.9. The maximum atomic E-state index is 3.41. The first-order valence-corrected chi connectivity index (χ1v) is 7.45. The van der Waals surface area contributed by atoms with Gasteiger partial charge in [-0.05, 0) is 23.6 Å². The molecule has 0 unspecified atom stereocenters. The topological polar surface area (TPSA) is 15.3 Å². The van der Waals surface area contributed by atoms with E-state index in [1.54, 1.807) is 0 Å². The maximum absolute atomic E-state index is 3.41. The number of hydrogen-bond donors (Lipinski definition) is 1. The van der Waals surface area contributed by atoms with Crippen LogP contribution in [0, 0.1) is 0 Å². The van der Waals surface area contributed by atoms with Crippen molar-refractivity contribution in [2.45, 2.75) is 13.0 Å². The van der Waals surface area contributed by atoms with Crippen LogP contribution in [0.3, 0.4) is 0 Å². The molecule has 1 N–H and O–H groups in total. The van der Waals surface area contributed by atoms with E-state index in [9.17, 15) is 0 Å². The molecule has 0 saturated carbocycles. The number of nitrogens with zero attached hydrogens (tertiary/aromatic N) is 1. The van der Waals surface area contributed by atoms with Gasteiger partial charge in [0.1, 0.15) is 0 Å². The van der Waals surface area contributed by atoms with Gasteiger partial charge in [-0.25, -0.2) is 0 Å². The summed E-state index contributed by atoms with van der Waals surface area (Å²) in [7, 11) is 0. The number of nitrogens with one attached hydrogen (secondary N) is 1. The summed E-state index contributed by atoms with van der Waals surface area (Å²) in [5, 5.41) is 3.41. The van der Waals surface area contributed by atoms with E-state index >= 15 is 0 Å². The molecule has 2 heteroatoms. The van der Waals surface area contributed by atoms with Crippen molar-refractivity contribution in [3.05, 3.63) is 60.2 Å². The third-order valence-electron chi connectivity index (χ3n) is 4.20. The predicted octanol–water partition coefficient (Wildman–Crippen LogP) is 3.32. The van der Waals surface area contributed by atoms with Gasteiger partial charge in [-0.15, -0.1) is 0 Å². The summed E-state index contributed by atoms with van der Waals surface area (Å²) < 4.78 is 0. The Labute approximate surface area is 121 Å². The molecule has 2 aromatic rings. The second-order valence-electron chi connectivity index (χ2n) is 5.45. The Kier molecular flexibility index (Phi) is 4.14. The van der Waals surface area contributed by atoms with Gasteiger partial charge in [0, 0.05) is 32.2 Å². The molecule has 0 aromatic heterocycles. The van der Waals surface area contributed by atoms with Crippen LogP contribution in [0.4, 0.5) is 0 Å². The molecule has 1 heterocycles. The molecule has 1 fully saturated rings. The fraction of sp³-hybridized carbons (Fsp3) is 0.333. The molecule has 2 nitrogen and oxygen atoms in total. The Hall–Kier alpha value is -1.64. The van der Waals surface area contributed by atoms with Crippen molar-refractivity contribution < 1.29 is 0 Å². The molecule has 1 atom stereocenters. The van der Waals surface area contributed by atoms with E-state index < -0.39 is 0 Å². The smallest absolute Gasteiger partial charge is 0.0320 e. The lowest BCUT2D eigenvalue weighted by Crippen LogP contribution is -2.44. The quantitative estimate of drug-likeness (QED) is 0.917. The summed E-state index contributed by atoms with van der Waals surface area (Å²) in [4.78, 5) is 2.55. The first-order chi connectivity index (χ1) is 9.84. The van der Waals surface area contributed by atoms with Gasteiger partial charge in [-0.3, -0.25) is 4.90 Å². The van der Waals surface area contributed by atoms with Crippen LogP contribution >= 0.6 is 0 Å². The van der Waals surface area contributed by atoms with Crippen molar-refractivity contribution in [2.75, 3.05) is 26.2 Å². The average molecular weight is 266 g/mol. The Bertz CT molecular complexity index is 527. The highest BCUT2D eigenvalue weighted by Gasteiger charge is 2.17. The van der Waals surface area contributed by atoms with E-state index in [4.69, 9.17) is 0 Å². The van der Waals surface area contributed by atoms with Crippen LogP contribution in [0.1, 0.15) is 18.5 Å². The number of piperazine rings is 1. The number of hydrogen-bond acceptors (Lipinski definition) is 2. The van der Waals surface area contributed by atoms with Crippen molar-refractivity contribution >= 4 is 0 Å². The number of benzene rings is 2. The largest absolute Gasteiger partial charge is 0.314 e. The summed E-state index contributed by atoms with van der Waals surface area (Å²) >= 11 is 0. The molecule has 0 amide bonds. The zero-order chi connectivity index (χ0) is 13.8. The SMILES string of the molecule is C[C@H](c1ccc(-c2ccccc2)cc1)N1CCNCC1. The Balaban J connectivity index is 1.75. The highest BCUT2D eigenvalue weighted by atomic mass is 15.2. The molecule has 104 valence electrons. The molecule has 0 radical (unpaired) electrons. The van der Waals surface area contributed by atoms with Crippen molar-refractivity contribution in [1.82, 2.24) is 10.2 Å². The van der Waals surface area contributed by atoms with Gasteiger partial charge in [0.25, 0.3) is 0 Å². The molecule has 3 rings (SSSR count). The van der Waals surface area contributed by atoms with Crippen LogP contribution in [0.2, 0.25) is 0 Å². The van der Waals surface area contributed by atoms with Crippen LogP contribution in [0.15, 0.2) is 54.6 Å². The van der Waals surface area contributed by atoms with Crippen LogP contribution in [0.5, 0.6) is 0 Å². The van der Waals surface area contributed by atoms with E-state index in [2.05, 4.69) is 71.7 Å². The van der Waals surface area contributed by atoms with Gasteiger partial charge < -0.3 is 5.32 Å². The first kappa shape index (κ1) is 13.3. The summed E-state index contributed by atoms with van der Waals surface area (Å²) in [6.07, 6.45) is 0. The minimum absolute atomic E-state index is 0.502. The van der Waals surface area contributed by atoms with Crippen LogP contribution in [0.25, 0.3) is 11.1 Å². The Morgan fingerprint density at radius 3 is 2.10 bits per heavy atom. The molecule has 1 aliphatic rings. The van der Waals surface area contributed by atoms with Crippen molar-refractivity contribution in [1.29, 1.82) is 0 Å². The standard InChI is InChI=1S/C18H22N2/c1-15(20-13-11-19-12-14-20)16-7-9-18(10-8-16)17-5-3-2-4-6-17/h2-10,15,19H,11-14H2,1H3/t15-/m1/s1. The molecular formula is C18H22N2. The molecule has 1 aliphatic heterocycles. The summed E-state index contributed by atoms with van der Waals surface area (Å²) in [5.74, 6) is 0. The lowest BCUT2D eigenvalue weighted by molar-refractivity contribution is 0.185. The van der Waals surface area contributed by atoms with Crippen LogP contribution in [-0.2, 0) is 0 Å². The summed E-state index contributed by atoms with van der Waals surface area (Å²) in [5.41, 5.74) is 3.99. The third-order valence-corrected chi connectivity index (χ3v) is 4.20. The fourth-order valence-electron chi connectivity index (χ4n) is 2.86. The molecule has 1 saturated heterocycles. The van der Waals surface area contributed by atoms with E-state index in [0.29, 0.717) is 6.04 Å². The van der Waals surface area contributed by atoms with Gasteiger partial charge in [-0.1, -0.05) is 54.6 Å². The molecule has 2 aromatic carbocycles. The van der Waals surface area contributed by atoms with Crippen molar-refractivity contribution in [2.24, 2.45) is 0 Å². The number of rotatable bonds is 3. The third kappa shape index (κ3) is 2.92. The highest BCUT2D eigenvalue weighted by Crippen LogP contribution is 2.24. The highest BCUT2D eigenvalue weighted by molar-refractivity contribution is 5.63. The van der Waals surface area contributed by atoms with Gasteiger partial charge in [0.2, 0.25) is 0 Å². The zero-order valence-corrected chi connectivity index (χ0v) is 12.0. The van der Waals surface area contributed by atoms with Crippen molar-refractivity contribution in [3.63, 3.8) is 0 Å². The first-order valence-electron chi connectivity index (χ1n) is 7.45. The Morgan fingerprint density at radius 2 is 1.45 bits per heavy atom. The fourth-order valence-corrected chi connectivity index (χ4v) is 2.86. The monoisotopic (exact) mass is 266 g/mol. The maximum Gasteiger partial charge on any atom is 0.0320 e. The van der Waals surface area contributed by atoms with E-state index in [1.165, 1.54) is 16.7 Å². The minimum Gasteiger partial charge on any atom is -0.314 e. The second-order valence-corrected chi connectivity index (χ2v) is 5.45. The molecule has 0 bridgehead atoms. The molecule has 20 heavy (non-hydrogen) atoms. The molecule has 0 spiro atoms. The lowest BCUT2D eigenvalue weighted by atomic mass is 10.0. The Morgan fingerprint density at radius 1 is 0.850 bits per heavy atom. The van der Waals surface area contributed by atoms with E-state index in [-0.39, 0.29) is 0 Å². The van der Waals surface area contributed by atoms with Crippen LogP contribution < -0.4 is 5.32 Å². The summed E-state index contributed by atoms with van der Waals surface area (Å²) in [6, 6.07) is 20.1. The van der Waals surface area contributed by atoms with Gasteiger partial charge in [0.05, 0.1) is 0 Å². The van der Waals surface area contributed by atoms with Crippen LogP contribution in [-0.4, -0.2) is 31.1 Å². The van der Waals surface area contributed by atoms with E-state index in [1.807, 2.05) is 0 Å². The van der Waals surface area contributed by atoms with E-state index in [0.717, 1.165) is 26.2 Å². The minimum atomic E-state index is 0.502. The molecule has 0 aliphatic carbocycles. The van der Waals surface area contributed by atoms with Gasteiger partial charge in [0.15, 0.2) is 0 Å². The second kappa shape index (κ2) is 6.21. The molecular weight excluding hydrogens is 244 g/mol.